The van der Waals surface area contributed by atoms with Gasteiger partial charge < -0.3 is 5.48 Å². The second kappa shape index (κ2) is 10.8. The first-order valence-electron chi connectivity index (χ1n) is 6.59. The summed E-state index contributed by atoms with van der Waals surface area (Å²) in [6.07, 6.45) is 0.660. The molecule has 0 aromatic heterocycles. The molecule has 124 valence electrons. The van der Waals surface area contributed by atoms with E-state index in [4.69, 9.17) is 16.9 Å². The number of benzene rings is 2. The normalized spacial score (nSPS) is 9.78. The van der Waals surface area contributed by atoms with Crippen molar-refractivity contribution in [3.05, 3.63) is 65.2 Å². The molecule has 0 radical (unpaired) electrons. The molecule has 0 saturated carbocycles. The van der Waals surface area contributed by atoms with E-state index in [1.54, 1.807) is 18.2 Å². The van der Waals surface area contributed by atoms with Crippen molar-refractivity contribution in [2.45, 2.75) is 18.2 Å². The fraction of sp³-hybridized carbons (Fsp3) is 0.188. The minimum atomic E-state index is -3.46. The maximum absolute atomic E-state index is 12.0. The molecular formula is C16H19ClN2O3S. The number of nitrogens with one attached hydrogen (secondary N) is 1. The van der Waals surface area contributed by atoms with Crippen LogP contribution < -0.4 is 4.72 Å². The molecule has 23 heavy (non-hydrogen) atoms. The molecule has 0 heterocycles. The van der Waals surface area contributed by atoms with Crippen LogP contribution in [0.1, 0.15) is 12.5 Å². The van der Waals surface area contributed by atoms with E-state index in [0.29, 0.717) is 18.0 Å². The lowest BCUT2D eigenvalue weighted by Gasteiger charge is -2.06. The summed E-state index contributed by atoms with van der Waals surface area (Å²) in [5.41, 5.74) is 1.10. The highest BCUT2D eigenvalue weighted by atomic mass is 35.5. The number of sulfonamides is 1. The zero-order valence-electron chi connectivity index (χ0n) is 12.7. The molecule has 0 amide bonds. The number of hydrogen-bond acceptors (Lipinski definition) is 3. The number of nitriles is 1. The van der Waals surface area contributed by atoms with Crippen LogP contribution in [0.15, 0.2) is 59.5 Å². The number of nitrogens with zero attached hydrogens (tertiary/aromatic N) is 1. The van der Waals surface area contributed by atoms with E-state index in [1.165, 1.54) is 19.1 Å². The first kappa shape index (κ1) is 21.1. The first-order chi connectivity index (χ1) is 10.5. The lowest BCUT2D eigenvalue weighted by molar-refractivity contribution is 0.581. The zero-order valence-corrected chi connectivity index (χ0v) is 14.2. The third kappa shape index (κ3) is 7.77. The average Bonchev–Trinajstić information content (AvgIpc) is 2.49. The second-order valence-electron chi connectivity index (χ2n) is 4.31. The van der Waals surface area contributed by atoms with Crippen LogP contribution in [0.4, 0.5) is 0 Å². The standard InChI is InChI=1S/C14H14ClNO2S.C2H3N.H2O/c15-13-6-8-14(9-7-13)19(17,18)16-11-10-12-4-2-1-3-5-12;1-2-3;/h1-9,16H,10-11H2;1H3;1H2. The molecule has 0 aliphatic heterocycles. The zero-order chi connectivity index (χ0) is 16.4. The van der Waals surface area contributed by atoms with E-state index in [9.17, 15) is 8.42 Å². The fourth-order valence-corrected chi connectivity index (χ4v) is 2.83. The average molecular weight is 355 g/mol. The Morgan fingerprint density at radius 1 is 1.09 bits per heavy atom. The highest BCUT2D eigenvalue weighted by molar-refractivity contribution is 7.89. The van der Waals surface area contributed by atoms with E-state index in [2.05, 4.69) is 4.72 Å². The molecule has 0 bridgehead atoms. The van der Waals surface area contributed by atoms with Crippen molar-refractivity contribution >= 4 is 21.6 Å². The smallest absolute Gasteiger partial charge is 0.240 e. The van der Waals surface area contributed by atoms with Crippen LogP contribution in [0, 0.1) is 11.3 Å². The third-order valence-electron chi connectivity index (χ3n) is 2.67. The number of hydrogen-bond donors (Lipinski definition) is 1. The van der Waals surface area contributed by atoms with Gasteiger partial charge in [0, 0.05) is 18.5 Å². The van der Waals surface area contributed by atoms with Gasteiger partial charge in [0.25, 0.3) is 0 Å². The van der Waals surface area contributed by atoms with Gasteiger partial charge in [-0.2, -0.15) is 5.26 Å². The van der Waals surface area contributed by atoms with E-state index in [0.717, 1.165) is 5.56 Å². The van der Waals surface area contributed by atoms with Gasteiger partial charge in [-0.05, 0) is 36.2 Å². The summed E-state index contributed by atoms with van der Waals surface area (Å²) in [7, 11) is -3.46. The highest BCUT2D eigenvalue weighted by Crippen LogP contribution is 2.13. The van der Waals surface area contributed by atoms with Crippen LogP contribution >= 0.6 is 11.6 Å². The maximum atomic E-state index is 12.0. The Hall–Kier alpha value is -1.91. The molecular weight excluding hydrogens is 336 g/mol. The summed E-state index contributed by atoms with van der Waals surface area (Å²) in [5.74, 6) is 0. The van der Waals surface area contributed by atoms with E-state index < -0.39 is 10.0 Å². The summed E-state index contributed by atoms with van der Waals surface area (Å²) in [4.78, 5) is 0.227. The van der Waals surface area contributed by atoms with Crippen LogP contribution in [0.2, 0.25) is 5.02 Å². The Bertz CT molecular complexity index is 711. The predicted octanol–water partition coefficient (Wildman–Crippen LogP) is 2.57. The Kier molecular flexibility index (Phi) is 9.86. The summed E-state index contributed by atoms with van der Waals surface area (Å²) in [5, 5.41) is 7.84. The Balaban J connectivity index is 0.00000112. The van der Waals surface area contributed by atoms with Crippen LogP contribution in [-0.4, -0.2) is 20.4 Å². The minimum Gasteiger partial charge on any atom is -0.412 e. The lowest BCUT2D eigenvalue weighted by Crippen LogP contribution is -2.25. The minimum absolute atomic E-state index is 0. The molecule has 0 saturated heterocycles. The molecule has 7 heteroatoms. The number of halogens is 1. The van der Waals surface area contributed by atoms with Crippen LogP contribution in [0.5, 0.6) is 0 Å². The van der Waals surface area contributed by atoms with E-state index >= 15 is 0 Å². The highest BCUT2D eigenvalue weighted by Gasteiger charge is 2.12. The largest absolute Gasteiger partial charge is 0.412 e. The van der Waals surface area contributed by atoms with Crippen LogP contribution in [0.3, 0.4) is 0 Å². The molecule has 0 unspecified atom stereocenters. The molecule has 2 rings (SSSR count). The van der Waals surface area contributed by atoms with Crippen molar-refractivity contribution in [2.24, 2.45) is 0 Å². The number of rotatable bonds is 5. The van der Waals surface area contributed by atoms with Crippen LogP contribution in [-0.2, 0) is 16.4 Å². The fourth-order valence-electron chi connectivity index (χ4n) is 1.67. The second-order valence-corrected chi connectivity index (χ2v) is 6.51. The summed E-state index contributed by atoms with van der Waals surface area (Å²) in [6, 6.07) is 17.6. The monoisotopic (exact) mass is 354 g/mol. The molecule has 0 fully saturated rings. The quantitative estimate of drug-likeness (QED) is 0.892. The van der Waals surface area contributed by atoms with Crippen LogP contribution in [0.25, 0.3) is 0 Å². The van der Waals surface area contributed by atoms with Gasteiger partial charge in [0.15, 0.2) is 0 Å². The topological polar surface area (TPSA) is 101 Å². The summed E-state index contributed by atoms with van der Waals surface area (Å²) >= 11 is 5.73. The molecule has 0 aliphatic rings. The summed E-state index contributed by atoms with van der Waals surface area (Å²) < 4.78 is 26.5. The van der Waals surface area contributed by atoms with Crippen molar-refractivity contribution in [1.82, 2.24) is 4.72 Å². The first-order valence-corrected chi connectivity index (χ1v) is 8.45. The van der Waals surface area contributed by atoms with Crippen molar-refractivity contribution in [3.63, 3.8) is 0 Å². The molecule has 0 spiro atoms. The molecule has 5 nitrogen and oxygen atoms in total. The Morgan fingerprint density at radius 3 is 2.13 bits per heavy atom. The Labute approximate surface area is 141 Å². The predicted molar refractivity (Wildman–Crippen MR) is 91.7 cm³/mol. The Morgan fingerprint density at radius 2 is 1.61 bits per heavy atom. The molecule has 3 N–H and O–H groups in total. The molecule has 0 aliphatic carbocycles. The maximum Gasteiger partial charge on any atom is 0.240 e. The lowest BCUT2D eigenvalue weighted by atomic mass is 10.2. The van der Waals surface area contributed by atoms with Gasteiger partial charge >= 0.3 is 0 Å². The summed E-state index contributed by atoms with van der Waals surface area (Å²) in [6.45, 7) is 1.80. The molecule has 2 aromatic rings. The van der Waals surface area contributed by atoms with E-state index in [-0.39, 0.29) is 10.4 Å². The van der Waals surface area contributed by atoms with Gasteiger partial charge in [-0.1, -0.05) is 41.9 Å². The van der Waals surface area contributed by atoms with Gasteiger partial charge in [0.2, 0.25) is 10.0 Å². The third-order valence-corrected chi connectivity index (χ3v) is 4.40. The van der Waals surface area contributed by atoms with Crippen molar-refractivity contribution in [3.8, 4) is 6.07 Å². The van der Waals surface area contributed by atoms with Crippen molar-refractivity contribution in [2.75, 3.05) is 6.54 Å². The van der Waals surface area contributed by atoms with Crippen molar-refractivity contribution < 1.29 is 13.9 Å². The molecule has 2 aromatic carbocycles. The van der Waals surface area contributed by atoms with Gasteiger partial charge in [-0.3, -0.25) is 0 Å². The van der Waals surface area contributed by atoms with Gasteiger partial charge in [-0.25, -0.2) is 13.1 Å². The molecule has 0 atom stereocenters. The van der Waals surface area contributed by atoms with E-state index in [1.807, 2.05) is 30.3 Å². The SMILES string of the molecule is CC#N.O.O=S(=O)(NCCc1ccccc1)c1ccc(Cl)cc1. The van der Waals surface area contributed by atoms with Crippen molar-refractivity contribution in [1.29, 1.82) is 5.26 Å². The van der Waals surface area contributed by atoms with Gasteiger partial charge in [-0.15, -0.1) is 0 Å². The van der Waals surface area contributed by atoms with Gasteiger partial charge in [0.1, 0.15) is 0 Å². The van der Waals surface area contributed by atoms with Gasteiger partial charge in [0.05, 0.1) is 11.0 Å².